The molecule has 0 saturated carbocycles. The van der Waals surface area contributed by atoms with E-state index in [-0.39, 0.29) is 24.5 Å². The van der Waals surface area contributed by atoms with Gasteiger partial charge in [0.15, 0.2) is 11.5 Å². The lowest BCUT2D eigenvalue weighted by molar-refractivity contribution is -0.133. The molecule has 2 amide bonds. The van der Waals surface area contributed by atoms with Crippen LogP contribution in [0.2, 0.25) is 0 Å². The first-order valence-corrected chi connectivity index (χ1v) is 11.2. The van der Waals surface area contributed by atoms with E-state index < -0.39 is 0 Å². The molecule has 1 aliphatic carbocycles. The summed E-state index contributed by atoms with van der Waals surface area (Å²) >= 11 is 0. The molecule has 1 saturated heterocycles. The molecule has 2 aromatic carbocycles. The molecule has 31 heavy (non-hydrogen) atoms. The predicted octanol–water partition coefficient (Wildman–Crippen LogP) is 3.71. The van der Waals surface area contributed by atoms with Gasteiger partial charge in [0.2, 0.25) is 18.6 Å². The van der Waals surface area contributed by atoms with Gasteiger partial charge in [-0.3, -0.25) is 9.59 Å². The normalized spacial score (nSPS) is 17.9. The minimum atomic E-state index is -0.0850. The van der Waals surface area contributed by atoms with Gasteiger partial charge in [0.25, 0.3) is 0 Å². The van der Waals surface area contributed by atoms with Crippen LogP contribution in [-0.2, 0) is 28.9 Å². The zero-order chi connectivity index (χ0) is 21.2. The molecule has 162 valence electrons. The topological polar surface area (TPSA) is 67.9 Å². The van der Waals surface area contributed by atoms with Crippen LogP contribution in [0.25, 0.3) is 0 Å². The van der Waals surface area contributed by atoms with Gasteiger partial charge in [-0.25, -0.2) is 0 Å². The Morgan fingerprint density at radius 3 is 2.55 bits per heavy atom. The maximum absolute atomic E-state index is 12.8. The van der Waals surface area contributed by atoms with Gasteiger partial charge in [0.1, 0.15) is 0 Å². The van der Waals surface area contributed by atoms with Crippen LogP contribution in [0.3, 0.4) is 0 Å². The van der Waals surface area contributed by atoms with Crippen molar-refractivity contribution >= 4 is 17.5 Å². The van der Waals surface area contributed by atoms with E-state index in [0.717, 1.165) is 18.4 Å². The lowest BCUT2D eigenvalue weighted by atomic mass is 9.89. The number of hydrogen-bond donors (Lipinski definition) is 1. The summed E-state index contributed by atoms with van der Waals surface area (Å²) in [6.45, 7) is 1.47. The summed E-state index contributed by atoms with van der Waals surface area (Å²) in [6, 6.07) is 11.9. The fraction of sp³-hybridized carbons (Fsp3) is 0.440. The molecule has 2 aliphatic heterocycles. The fourth-order valence-electron chi connectivity index (χ4n) is 4.79. The number of hydrogen-bond acceptors (Lipinski definition) is 4. The number of ether oxygens (including phenoxy) is 2. The molecule has 6 heteroatoms. The number of carbonyl (C=O) groups is 2. The molecule has 5 rings (SSSR count). The molecule has 0 spiro atoms. The van der Waals surface area contributed by atoms with Crippen molar-refractivity contribution < 1.29 is 19.1 Å². The highest BCUT2D eigenvalue weighted by molar-refractivity contribution is 5.93. The maximum Gasteiger partial charge on any atom is 0.231 e. The predicted molar refractivity (Wildman–Crippen MR) is 117 cm³/mol. The highest BCUT2D eigenvalue weighted by Crippen LogP contribution is 2.34. The Kier molecular flexibility index (Phi) is 5.53. The van der Waals surface area contributed by atoms with Crippen LogP contribution in [0.1, 0.15) is 42.4 Å². The Morgan fingerprint density at radius 1 is 0.935 bits per heavy atom. The SMILES string of the molecule is O=C(Nc1ccc2c(c1)OCO2)C1CCN(C(=O)Cc2ccc3c(c2)CCCC3)CC1. The quantitative estimate of drug-likeness (QED) is 0.819. The third-order valence-corrected chi connectivity index (χ3v) is 6.63. The standard InChI is InChI=1S/C25H28N2O4/c28-24(14-17-5-6-18-3-1-2-4-20(18)13-17)27-11-9-19(10-12-27)25(29)26-21-7-8-22-23(15-21)31-16-30-22/h5-8,13,15,19H,1-4,9-12,14,16H2,(H,26,29). The van der Waals surface area contributed by atoms with E-state index in [1.54, 1.807) is 12.1 Å². The number of likely N-dealkylation sites (tertiary alicyclic amines) is 1. The zero-order valence-electron chi connectivity index (χ0n) is 17.7. The third kappa shape index (κ3) is 4.38. The molecule has 0 aromatic heterocycles. The van der Waals surface area contributed by atoms with E-state index in [1.165, 1.54) is 24.0 Å². The Hall–Kier alpha value is -3.02. The number of benzene rings is 2. The van der Waals surface area contributed by atoms with Crippen molar-refractivity contribution in [3.8, 4) is 11.5 Å². The maximum atomic E-state index is 12.8. The molecule has 1 N–H and O–H groups in total. The van der Waals surface area contributed by atoms with Crippen molar-refractivity contribution in [3.63, 3.8) is 0 Å². The third-order valence-electron chi connectivity index (χ3n) is 6.63. The second kappa shape index (κ2) is 8.61. The number of fused-ring (bicyclic) bond motifs is 2. The summed E-state index contributed by atoms with van der Waals surface area (Å²) < 4.78 is 10.7. The first kappa shape index (κ1) is 19.9. The molecular weight excluding hydrogens is 392 g/mol. The van der Waals surface area contributed by atoms with Crippen LogP contribution in [0.4, 0.5) is 5.69 Å². The highest BCUT2D eigenvalue weighted by atomic mass is 16.7. The molecule has 2 aromatic rings. The van der Waals surface area contributed by atoms with E-state index in [1.807, 2.05) is 11.0 Å². The van der Waals surface area contributed by atoms with Gasteiger partial charge in [-0.2, -0.15) is 0 Å². The number of amides is 2. The average Bonchev–Trinajstić information content (AvgIpc) is 3.27. The van der Waals surface area contributed by atoms with Gasteiger partial charge in [-0.1, -0.05) is 18.2 Å². The highest BCUT2D eigenvalue weighted by Gasteiger charge is 2.28. The number of aryl methyl sites for hydroxylation is 2. The lowest BCUT2D eigenvalue weighted by Crippen LogP contribution is -2.42. The van der Waals surface area contributed by atoms with Gasteiger partial charge in [-0.05, 0) is 67.3 Å². The van der Waals surface area contributed by atoms with Crippen LogP contribution in [-0.4, -0.2) is 36.6 Å². The van der Waals surface area contributed by atoms with Crippen molar-refractivity contribution in [2.24, 2.45) is 5.92 Å². The monoisotopic (exact) mass is 420 g/mol. The van der Waals surface area contributed by atoms with Crippen LogP contribution >= 0.6 is 0 Å². The molecule has 1 fully saturated rings. The van der Waals surface area contributed by atoms with E-state index >= 15 is 0 Å². The Morgan fingerprint density at radius 2 is 1.71 bits per heavy atom. The zero-order valence-corrected chi connectivity index (χ0v) is 17.7. The number of carbonyl (C=O) groups excluding carboxylic acids is 2. The van der Waals surface area contributed by atoms with Gasteiger partial charge in [-0.15, -0.1) is 0 Å². The number of rotatable bonds is 4. The second-order valence-electron chi connectivity index (χ2n) is 8.70. The van der Waals surface area contributed by atoms with Gasteiger partial charge < -0.3 is 19.7 Å². The van der Waals surface area contributed by atoms with Crippen LogP contribution in [0.15, 0.2) is 36.4 Å². The minimum Gasteiger partial charge on any atom is -0.454 e. The molecule has 0 bridgehead atoms. The smallest absolute Gasteiger partial charge is 0.231 e. The van der Waals surface area contributed by atoms with Crippen LogP contribution in [0.5, 0.6) is 11.5 Å². The van der Waals surface area contributed by atoms with Crippen molar-refractivity contribution in [2.45, 2.75) is 44.9 Å². The van der Waals surface area contributed by atoms with Crippen LogP contribution in [0, 0.1) is 5.92 Å². The van der Waals surface area contributed by atoms with E-state index in [4.69, 9.17) is 9.47 Å². The molecular formula is C25H28N2O4. The molecule has 0 unspecified atom stereocenters. The van der Waals surface area contributed by atoms with Gasteiger partial charge >= 0.3 is 0 Å². The van der Waals surface area contributed by atoms with Crippen molar-refractivity contribution in [3.05, 3.63) is 53.1 Å². The number of nitrogens with one attached hydrogen (secondary N) is 1. The Bertz CT molecular complexity index is 995. The summed E-state index contributed by atoms with van der Waals surface area (Å²) in [4.78, 5) is 27.4. The summed E-state index contributed by atoms with van der Waals surface area (Å²) in [5.74, 6) is 1.42. The first-order chi connectivity index (χ1) is 15.2. The molecule has 3 aliphatic rings. The molecule has 2 heterocycles. The largest absolute Gasteiger partial charge is 0.454 e. The number of piperidine rings is 1. The fourth-order valence-corrected chi connectivity index (χ4v) is 4.79. The Labute approximate surface area is 182 Å². The van der Waals surface area contributed by atoms with E-state index in [9.17, 15) is 9.59 Å². The van der Waals surface area contributed by atoms with Crippen molar-refractivity contribution in [1.82, 2.24) is 4.90 Å². The van der Waals surface area contributed by atoms with E-state index in [2.05, 4.69) is 23.5 Å². The molecule has 6 nitrogen and oxygen atoms in total. The number of anilines is 1. The van der Waals surface area contributed by atoms with Gasteiger partial charge in [0.05, 0.1) is 6.42 Å². The molecule has 0 radical (unpaired) electrons. The lowest BCUT2D eigenvalue weighted by Gasteiger charge is -2.31. The van der Waals surface area contributed by atoms with Crippen molar-refractivity contribution in [2.75, 3.05) is 25.2 Å². The average molecular weight is 421 g/mol. The Balaban J connectivity index is 1.13. The summed E-state index contributed by atoms with van der Waals surface area (Å²) in [6.07, 6.45) is 6.61. The van der Waals surface area contributed by atoms with Gasteiger partial charge in [0, 0.05) is 30.8 Å². The van der Waals surface area contributed by atoms with E-state index in [0.29, 0.717) is 49.5 Å². The van der Waals surface area contributed by atoms with Crippen molar-refractivity contribution in [1.29, 1.82) is 0 Å². The summed E-state index contributed by atoms with van der Waals surface area (Å²) in [7, 11) is 0. The van der Waals surface area contributed by atoms with Crippen LogP contribution < -0.4 is 14.8 Å². The first-order valence-electron chi connectivity index (χ1n) is 11.2. The number of nitrogens with zero attached hydrogens (tertiary/aromatic N) is 1. The summed E-state index contributed by atoms with van der Waals surface area (Å²) in [5, 5.41) is 2.98. The second-order valence-corrected chi connectivity index (χ2v) is 8.70. The minimum absolute atomic E-state index is 0.000603. The molecule has 0 atom stereocenters. The summed E-state index contributed by atoms with van der Waals surface area (Å²) in [5.41, 5.74) is 4.67.